The van der Waals surface area contributed by atoms with Crippen molar-refractivity contribution in [3.63, 3.8) is 0 Å². The maximum absolute atomic E-state index is 10.9. The molecule has 0 saturated carbocycles. The lowest BCUT2D eigenvalue weighted by Crippen LogP contribution is -2.11. The number of sulfone groups is 1. The first-order valence-electron chi connectivity index (χ1n) is 5.52. The van der Waals surface area contributed by atoms with Gasteiger partial charge in [0.2, 0.25) is 0 Å². The molecule has 0 atom stereocenters. The van der Waals surface area contributed by atoms with E-state index in [1.165, 1.54) is 6.26 Å². The number of aromatic nitrogens is 1. The average Bonchev–Trinajstić information content (AvgIpc) is 2.25. The van der Waals surface area contributed by atoms with Gasteiger partial charge in [0.25, 0.3) is 0 Å². The highest BCUT2D eigenvalue weighted by molar-refractivity contribution is 7.90. The minimum Gasteiger partial charge on any atom is -0.490 e. The van der Waals surface area contributed by atoms with Crippen LogP contribution < -0.4 is 10.1 Å². The van der Waals surface area contributed by atoms with Gasteiger partial charge in [-0.05, 0) is 25.5 Å². The van der Waals surface area contributed by atoms with Gasteiger partial charge in [0.1, 0.15) is 9.84 Å². The second-order valence-corrected chi connectivity index (χ2v) is 5.95. The van der Waals surface area contributed by atoms with E-state index in [9.17, 15) is 8.42 Å². The van der Waals surface area contributed by atoms with Crippen LogP contribution in [-0.2, 0) is 9.84 Å². The molecule has 0 saturated heterocycles. The van der Waals surface area contributed by atoms with E-state index < -0.39 is 9.84 Å². The van der Waals surface area contributed by atoms with Crippen LogP contribution in [0.3, 0.4) is 0 Å². The number of rotatable bonds is 7. The summed E-state index contributed by atoms with van der Waals surface area (Å²) in [6.45, 7) is 3.04. The minimum atomic E-state index is -2.89. The molecule has 17 heavy (non-hydrogen) atoms. The van der Waals surface area contributed by atoms with Crippen molar-refractivity contribution < 1.29 is 13.2 Å². The van der Waals surface area contributed by atoms with Gasteiger partial charge in [-0.1, -0.05) is 0 Å². The fraction of sp³-hybridized carbons (Fsp3) is 0.545. The Kier molecular flexibility index (Phi) is 5.21. The molecule has 0 aliphatic heterocycles. The molecule has 0 spiro atoms. The molecule has 0 aliphatic rings. The minimum absolute atomic E-state index is 0.177. The molecule has 1 N–H and O–H groups in total. The van der Waals surface area contributed by atoms with Gasteiger partial charge in [-0.15, -0.1) is 0 Å². The summed E-state index contributed by atoms with van der Waals surface area (Å²) in [6.07, 6.45) is 3.46. The second-order valence-electron chi connectivity index (χ2n) is 3.69. The van der Waals surface area contributed by atoms with Crippen LogP contribution in [0.25, 0.3) is 0 Å². The van der Waals surface area contributed by atoms with Crippen molar-refractivity contribution in [1.29, 1.82) is 0 Å². The molecule has 1 heterocycles. The predicted molar refractivity (Wildman–Crippen MR) is 68.2 cm³/mol. The number of hydrogen-bond acceptors (Lipinski definition) is 5. The number of ether oxygens (including phenoxy) is 1. The molecule has 0 unspecified atom stereocenters. The standard InChI is InChI=1S/C11H18N2O3S/c1-3-16-10-6-4-7-12-11(10)13-8-5-9-17(2,14)15/h4,6-7H,3,5,8-9H2,1-2H3,(H,12,13). The largest absolute Gasteiger partial charge is 0.490 e. The molecular weight excluding hydrogens is 240 g/mol. The van der Waals surface area contributed by atoms with Crippen molar-refractivity contribution in [2.45, 2.75) is 13.3 Å². The highest BCUT2D eigenvalue weighted by atomic mass is 32.2. The fourth-order valence-corrected chi connectivity index (χ4v) is 2.01. The van der Waals surface area contributed by atoms with Crippen LogP contribution >= 0.6 is 0 Å². The molecule has 0 radical (unpaired) electrons. The Hall–Kier alpha value is -1.30. The lowest BCUT2D eigenvalue weighted by molar-refractivity contribution is 0.340. The number of nitrogens with one attached hydrogen (secondary N) is 1. The summed E-state index contributed by atoms with van der Waals surface area (Å²) < 4.78 is 27.3. The van der Waals surface area contributed by atoms with Gasteiger partial charge in [0.05, 0.1) is 12.4 Å². The van der Waals surface area contributed by atoms with Gasteiger partial charge in [0, 0.05) is 19.0 Å². The van der Waals surface area contributed by atoms with Gasteiger partial charge in [0.15, 0.2) is 11.6 Å². The Balaban J connectivity index is 2.46. The van der Waals surface area contributed by atoms with E-state index in [1.54, 1.807) is 12.3 Å². The first-order chi connectivity index (χ1) is 8.03. The Morgan fingerprint density at radius 2 is 2.24 bits per heavy atom. The summed E-state index contributed by atoms with van der Waals surface area (Å²) in [7, 11) is -2.89. The zero-order valence-corrected chi connectivity index (χ0v) is 11.0. The lowest BCUT2D eigenvalue weighted by Gasteiger charge is -2.10. The maximum Gasteiger partial charge on any atom is 0.168 e. The molecule has 6 heteroatoms. The number of hydrogen-bond donors (Lipinski definition) is 1. The SMILES string of the molecule is CCOc1cccnc1NCCCS(C)(=O)=O. The third kappa shape index (κ3) is 5.53. The summed E-state index contributed by atoms with van der Waals surface area (Å²) in [5.41, 5.74) is 0. The van der Waals surface area contributed by atoms with Crippen molar-refractivity contribution in [2.75, 3.05) is 30.5 Å². The monoisotopic (exact) mass is 258 g/mol. The number of nitrogens with zero attached hydrogens (tertiary/aromatic N) is 1. The van der Waals surface area contributed by atoms with Gasteiger partial charge in [-0.2, -0.15) is 0 Å². The molecule has 0 fully saturated rings. The summed E-state index contributed by atoms with van der Waals surface area (Å²) >= 11 is 0. The van der Waals surface area contributed by atoms with E-state index in [2.05, 4.69) is 10.3 Å². The topological polar surface area (TPSA) is 68.3 Å². The highest BCUT2D eigenvalue weighted by Gasteiger charge is 2.04. The zero-order chi connectivity index (χ0) is 12.7. The van der Waals surface area contributed by atoms with Crippen LogP contribution in [-0.4, -0.2) is 38.6 Å². The smallest absolute Gasteiger partial charge is 0.168 e. The van der Waals surface area contributed by atoms with Gasteiger partial charge >= 0.3 is 0 Å². The molecule has 0 bridgehead atoms. The second kappa shape index (κ2) is 6.44. The van der Waals surface area contributed by atoms with Crippen molar-refractivity contribution >= 4 is 15.7 Å². The van der Waals surface area contributed by atoms with E-state index in [0.29, 0.717) is 31.1 Å². The molecule has 1 aromatic heterocycles. The van der Waals surface area contributed by atoms with Gasteiger partial charge < -0.3 is 10.1 Å². The average molecular weight is 258 g/mol. The first kappa shape index (κ1) is 13.8. The van der Waals surface area contributed by atoms with Crippen molar-refractivity contribution in [2.24, 2.45) is 0 Å². The van der Waals surface area contributed by atoms with Crippen LogP contribution in [0.15, 0.2) is 18.3 Å². The normalized spacial score (nSPS) is 11.2. The van der Waals surface area contributed by atoms with E-state index in [-0.39, 0.29) is 5.75 Å². The third-order valence-corrected chi connectivity index (χ3v) is 3.09. The van der Waals surface area contributed by atoms with E-state index in [0.717, 1.165) is 0 Å². The molecule has 5 nitrogen and oxygen atoms in total. The molecule has 0 aromatic carbocycles. The van der Waals surface area contributed by atoms with Crippen LogP contribution in [0.4, 0.5) is 5.82 Å². The predicted octanol–water partition coefficient (Wildman–Crippen LogP) is 1.33. The number of pyridine rings is 1. The van der Waals surface area contributed by atoms with Crippen LogP contribution in [0.1, 0.15) is 13.3 Å². The van der Waals surface area contributed by atoms with Gasteiger partial charge in [-0.3, -0.25) is 0 Å². The quantitative estimate of drug-likeness (QED) is 0.747. The third-order valence-electron chi connectivity index (χ3n) is 2.05. The molecule has 0 amide bonds. The fourth-order valence-electron chi connectivity index (χ4n) is 1.34. The Morgan fingerprint density at radius 3 is 2.88 bits per heavy atom. The van der Waals surface area contributed by atoms with Crippen LogP contribution in [0.5, 0.6) is 5.75 Å². The van der Waals surface area contributed by atoms with Crippen molar-refractivity contribution in [3.05, 3.63) is 18.3 Å². The Morgan fingerprint density at radius 1 is 1.47 bits per heavy atom. The van der Waals surface area contributed by atoms with E-state index in [1.807, 2.05) is 13.0 Å². The Labute approximate surface area is 102 Å². The Bertz CT molecular complexity index is 446. The first-order valence-corrected chi connectivity index (χ1v) is 7.58. The van der Waals surface area contributed by atoms with Crippen LogP contribution in [0.2, 0.25) is 0 Å². The highest BCUT2D eigenvalue weighted by Crippen LogP contribution is 2.20. The summed E-state index contributed by atoms with van der Waals surface area (Å²) in [5.74, 6) is 1.52. The van der Waals surface area contributed by atoms with E-state index >= 15 is 0 Å². The molecular formula is C11H18N2O3S. The molecule has 1 rings (SSSR count). The summed E-state index contributed by atoms with van der Waals surface area (Å²) in [5, 5.41) is 3.07. The van der Waals surface area contributed by atoms with E-state index in [4.69, 9.17) is 4.74 Å². The molecule has 0 aliphatic carbocycles. The summed E-state index contributed by atoms with van der Waals surface area (Å²) in [6, 6.07) is 3.63. The molecule has 1 aromatic rings. The van der Waals surface area contributed by atoms with Gasteiger partial charge in [-0.25, -0.2) is 13.4 Å². The van der Waals surface area contributed by atoms with Crippen molar-refractivity contribution in [3.8, 4) is 5.75 Å². The molecule has 96 valence electrons. The zero-order valence-electron chi connectivity index (χ0n) is 10.1. The van der Waals surface area contributed by atoms with Crippen molar-refractivity contribution in [1.82, 2.24) is 4.98 Å². The summed E-state index contributed by atoms with van der Waals surface area (Å²) in [4.78, 5) is 4.15. The van der Waals surface area contributed by atoms with Crippen LogP contribution in [0, 0.1) is 0 Å². The number of anilines is 1. The lowest BCUT2D eigenvalue weighted by atomic mass is 10.4. The maximum atomic E-state index is 10.9.